The van der Waals surface area contributed by atoms with Crippen LogP contribution >= 0.6 is 0 Å². The zero-order chi connectivity index (χ0) is 9.53. The highest BCUT2D eigenvalue weighted by Crippen LogP contribution is 2.50. The van der Waals surface area contributed by atoms with Crippen LogP contribution in [0.4, 0.5) is 0 Å². The maximum atomic E-state index is 6.29. The highest BCUT2D eigenvalue weighted by atomic mass is 28.4. The summed E-state index contributed by atoms with van der Waals surface area (Å²) in [5.41, 5.74) is 1.86. The summed E-state index contributed by atoms with van der Waals surface area (Å²) in [4.78, 5) is 0. The summed E-state index contributed by atoms with van der Waals surface area (Å²) >= 11 is 0. The van der Waals surface area contributed by atoms with E-state index in [1.54, 1.807) is 5.57 Å². The Hall–Kier alpha value is -0.0831. The molecule has 2 aliphatic carbocycles. The Kier molecular flexibility index (Phi) is 2.15. The fourth-order valence-electron chi connectivity index (χ4n) is 2.27. The summed E-state index contributed by atoms with van der Waals surface area (Å²) < 4.78 is 6.29. The highest BCUT2D eigenvalue weighted by molar-refractivity contribution is 6.69. The first-order chi connectivity index (χ1) is 6.02. The second-order valence-corrected chi connectivity index (χ2v) is 9.76. The topological polar surface area (TPSA) is 9.23 Å². The van der Waals surface area contributed by atoms with Crippen molar-refractivity contribution >= 4 is 8.32 Å². The van der Waals surface area contributed by atoms with Crippen LogP contribution in [0.3, 0.4) is 0 Å². The van der Waals surface area contributed by atoms with E-state index in [-0.39, 0.29) is 5.60 Å². The Bertz CT molecular complexity index is 233. The van der Waals surface area contributed by atoms with Crippen LogP contribution < -0.4 is 0 Å². The summed E-state index contributed by atoms with van der Waals surface area (Å²) in [7, 11) is -1.34. The molecule has 0 atom stereocenters. The third kappa shape index (κ3) is 2.05. The molecule has 0 unspecified atom stereocenters. The molecule has 0 aromatic carbocycles. The lowest BCUT2D eigenvalue weighted by Gasteiger charge is -2.27. The van der Waals surface area contributed by atoms with Crippen molar-refractivity contribution in [1.29, 1.82) is 0 Å². The highest BCUT2D eigenvalue weighted by Gasteiger charge is 2.49. The number of hydrogen-bond donors (Lipinski definition) is 0. The Morgan fingerprint density at radius 2 is 2.00 bits per heavy atom. The lowest BCUT2D eigenvalue weighted by atomic mass is 10.1. The quantitative estimate of drug-likeness (QED) is 0.496. The normalized spacial score (nSPS) is 25.9. The zero-order valence-electron chi connectivity index (χ0n) is 9.02. The molecule has 1 nitrogen and oxygen atoms in total. The first-order valence-corrected chi connectivity index (χ1v) is 8.82. The first-order valence-electron chi connectivity index (χ1n) is 5.42. The standard InChI is InChI=1S/C11H20OSi/c1-13(2,3)12-11(8-9-11)10-6-4-5-7-10/h6H,4-5,7-9H2,1-3H3. The molecule has 0 aromatic heterocycles. The van der Waals surface area contributed by atoms with E-state index in [9.17, 15) is 0 Å². The van der Waals surface area contributed by atoms with E-state index in [1.165, 1.54) is 32.1 Å². The van der Waals surface area contributed by atoms with Crippen LogP contribution in [-0.4, -0.2) is 13.9 Å². The van der Waals surface area contributed by atoms with Crippen molar-refractivity contribution in [2.45, 2.75) is 57.3 Å². The van der Waals surface area contributed by atoms with Gasteiger partial charge in [0.15, 0.2) is 8.32 Å². The summed E-state index contributed by atoms with van der Waals surface area (Å²) in [6.07, 6.45) is 8.92. The minimum atomic E-state index is -1.34. The van der Waals surface area contributed by atoms with Crippen LogP contribution in [0.25, 0.3) is 0 Å². The van der Waals surface area contributed by atoms with Crippen molar-refractivity contribution in [2.75, 3.05) is 0 Å². The molecule has 0 N–H and O–H groups in total. The predicted octanol–water partition coefficient (Wildman–Crippen LogP) is 3.48. The van der Waals surface area contributed by atoms with Gasteiger partial charge in [0.25, 0.3) is 0 Å². The van der Waals surface area contributed by atoms with Crippen molar-refractivity contribution in [1.82, 2.24) is 0 Å². The van der Waals surface area contributed by atoms with E-state index in [4.69, 9.17) is 4.43 Å². The van der Waals surface area contributed by atoms with E-state index in [2.05, 4.69) is 25.7 Å². The van der Waals surface area contributed by atoms with Crippen LogP contribution in [-0.2, 0) is 4.43 Å². The smallest absolute Gasteiger partial charge is 0.184 e. The molecule has 0 bridgehead atoms. The number of rotatable bonds is 3. The summed E-state index contributed by atoms with van der Waals surface area (Å²) in [6, 6.07) is 0. The molecule has 74 valence electrons. The molecule has 2 aliphatic rings. The van der Waals surface area contributed by atoms with Crippen LogP contribution in [0.15, 0.2) is 11.6 Å². The minimum Gasteiger partial charge on any atom is -0.408 e. The van der Waals surface area contributed by atoms with Crippen LogP contribution in [0, 0.1) is 0 Å². The monoisotopic (exact) mass is 196 g/mol. The predicted molar refractivity (Wildman–Crippen MR) is 58.3 cm³/mol. The van der Waals surface area contributed by atoms with Gasteiger partial charge in [-0.2, -0.15) is 0 Å². The summed E-state index contributed by atoms with van der Waals surface area (Å²) in [6.45, 7) is 6.88. The van der Waals surface area contributed by atoms with Gasteiger partial charge in [-0.15, -0.1) is 0 Å². The molecule has 0 amide bonds. The maximum Gasteiger partial charge on any atom is 0.184 e. The van der Waals surface area contributed by atoms with Gasteiger partial charge >= 0.3 is 0 Å². The largest absolute Gasteiger partial charge is 0.408 e. The fraction of sp³-hybridized carbons (Fsp3) is 0.818. The Labute approximate surface area is 82.3 Å². The Morgan fingerprint density at radius 1 is 1.31 bits per heavy atom. The van der Waals surface area contributed by atoms with E-state index in [0.717, 1.165) is 0 Å². The van der Waals surface area contributed by atoms with Crippen molar-refractivity contribution in [3.8, 4) is 0 Å². The van der Waals surface area contributed by atoms with Crippen molar-refractivity contribution in [3.63, 3.8) is 0 Å². The number of hydrogen-bond acceptors (Lipinski definition) is 1. The Balaban J connectivity index is 2.04. The van der Waals surface area contributed by atoms with E-state index in [0.29, 0.717) is 0 Å². The van der Waals surface area contributed by atoms with Gasteiger partial charge in [0.2, 0.25) is 0 Å². The average molecular weight is 196 g/mol. The van der Waals surface area contributed by atoms with Crippen molar-refractivity contribution in [3.05, 3.63) is 11.6 Å². The Morgan fingerprint density at radius 3 is 2.38 bits per heavy atom. The molecule has 0 aliphatic heterocycles. The van der Waals surface area contributed by atoms with E-state index in [1.807, 2.05) is 0 Å². The second kappa shape index (κ2) is 2.96. The second-order valence-electron chi connectivity index (χ2n) is 5.33. The lowest BCUT2D eigenvalue weighted by Crippen LogP contribution is -2.34. The van der Waals surface area contributed by atoms with Crippen LogP contribution in [0.5, 0.6) is 0 Å². The third-order valence-electron chi connectivity index (χ3n) is 2.83. The molecule has 0 heterocycles. The van der Waals surface area contributed by atoms with Gasteiger partial charge in [-0.05, 0) is 57.3 Å². The molecule has 1 saturated carbocycles. The van der Waals surface area contributed by atoms with Crippen LogP contribution in [0.2, 0.25) is 19.6 Å². The summed E-state index contributed by atoms with van der Waals surface area (Å²) in [5, 5.41) is 0. The zero-order valence-corrected chi connectivity index (χ0v) is 10.0. The maximum absolute atomic E-state index is 6.29. The van der Waals surface area contributed by atoms with Gasteiger partial charge in [0, 0.05) is 0 Å². The van der Waals surface area contributed by atoms with Gasteiger partial charge < -0.3 is 4.43 Å². The van der Waals surface area contributed by atoms with Crippen LogP contribution in [0.1, 0.15) is 32.1 Å². The molecular weight excluding hydrogens is 176 g/mol. The molecule has 2 rings (SSSR count). The molecule has 0 spiro atoms. The molecule has 0 radical (unpaired) electrons. The number of allylic oxidation sites excluding steroid dienone is 1. The molecule has 13 heavy (non-hydrogen) atoms. The van der Waals surface area contributed by atoms with Gasteiger partial charge in [0.1, 0.15) is 0 Å². The average Bonchev–Trinajstić information content (AvgIpc) is 2.60. The molecular formula is C11H20OSi. The third-order valence-corrected chi connectivity index (χ3v) is 3.83. The fourth-order valence-corrected chi connectivity index (χ4v) is 3.78. The van der Waals surface area contributed by atoms with Gasteiger partial charge in [-0.1, -0.05) is 6.08 Å². The summed E-state index contributed by atoms with van der Waals surface area (Å²) in [5.74, 6) is 0. The van der Waals surface area contributed by atoms with Crippen molar-refractivity contribution in [2.24, 2.45) is 0 Å². The van der Waals surface area contributed by atoms with E-state index >= 15 is 0 Å². The molecule has 0 saturated heterocycles. The van der Waals surface area contributed by atoms with Gasteiger partial charge in [0.05, 0.1) is 5.60 Å². The first kappa shape index (κ1) is 9.47. The molecule has 2 heteroatoms. The van der Waals surface area contributed by atoms with Gasteiger partial charge in [-0.25, -0.2) is 0 Å². The van der Waals surface area contributed by atoms with E-state index < -0.39 is 8.32 Å². The van der Waals surface area contributed by atoms with Crippen molar-refractivity contribution < 1.29 is 4.43 Å². The van der Waals surface area contributed by atoms with Gasteiger partial charge in [-0.3, -0.25) is 0 Å². The SMILES string of the molecule is C[Si](C)(C)OC1(C2=CCCC2)CC1. The molecule has 0 aromatic rings. The minimum absolute atomic E-state index is 0.237. The lowest BCUT2D eigenvalue weighted by molar-refractivity contribution is 0.206. The molecule has 1 fully saturated rings.